The summed E-state index contributed by atoms with van der Waals surface area (Å²) in [5, 5.41) is 0. The van der Waals surface area contributed by atoms with E-state index in [2.05, 4.69) is 10.6 Å². The van der Waals surface area contributed by atoms with E-state index in [1.807, 2.05) is 0 Å². The molecule has 0 saturated heterocycles. The number of sulfonamides is 1. The number of benzene rings is 1. The second-order valence-corrected chi connectivity index (χ2v) is 6.83. The minimum absolute atomic E-state index is 0.0772. The molecular formula is C14H17NO3S2. The molecule has 0 amide bonds. The van der Waals surface area contributed by atoms with E-state index in [1.165, 1.54) is 23.9 Å². The van der Waals surface area contributed by atoms with Crippen molar-refractivity contribution in [3.63, 3.8) is 0 Å². The van der Waals surface area contributed by atoms with Crippen molar-refractivity contribution >= 4 is 27.6 Å². The lowest BCUT2D eigenvalue weighted by atomic mass is 10.1. The van der Waals surface area contributed by atoms with Crippen LogP contribution in [-0.2, 0) is 10.0 Å². The number of rotatable bonds is 8. The summed E-state index contributed by atoms with van der Waals surface area (Å²) in [6.07, 6.45) is 5.45. The summed E-state index contributed by atoms with van der Waals surface area (Å²) in [4.78, 5) is 11.7. The van der Waals surface area contributed by atoms with Crippen LogP contribution in [0.5, 0.6) is 0 Å². The lowest BCUT2D eigenvalue weighted by molar-refractivity contribution is 0.0988. The number of nitrogens with one attached hydrogen (secondary N) is 1. The number of terminal acetylenes is 1. The molecule has 0 bridgehead atoms. The third kappa shape index (κ3) is 5.00. The highest BCUT2D eigenvalue weighted by molar-refractivity contribution is 7.99. The minimum Gasteiger partial charge on any atom is -0.294 e. The Hall–Kier alpha value is -1.29. The van der Waals surface area contributed by atoms with Crippen LogP contribution in [0, 0.1) is 12.3 Å². The zero-order valence-corrected chi connectivity index (χ0v) is 12.9. The minimum atomic E-state index is -3.58. The van der Waals surface area contributed by atoms with Crippen LogP contribution in [0.15, 0.2) is 29.2 Å². The maximum Gasteiger partial charge on any atom is 0.240 e. The Bertz CT molecular complexity index is 603. The van der Waals surface area contributed by atoms with Crippen LogP contribution in [-0.4, -0.2) is 32.3 Å². The highest BCUT2D eigenvalue weighted by Gasteiger charge is 2.15. The fraction of sp³-hybridized carbons (Fsp3) is 0.357. The lowest BCUT2D eigenvalue weighted by Gasteiger charge is -2.07. The average Bonchev–Trinajstić information content (AvgIpc) is 2.46. The molecule has 0 aliphatic heterocycles. The van der Waals surface area contributed by atoms with Gasteiger partial charge in [0.2, 0.25) is 10.0 Å². The molecule has 20 heavy (non-hydrogen) atoms. The van der Waals surface area contributed by atoms with Gasteiger partial charge >= 0.3 is 0 Å². The first-order valence-electron chi connectivity index (χ1n) is 6.15. The molecule has 0 aliphatic carbocycles. The third-order valence-electron chi connectivity index (χ3n) is 2.51. The predicted octanol–water partition coefficient (Wildman–Crippen LogP) is 1.92. The van der Waals surface area contributed by atoms with E-state index < -0.39 is 10.0 Å². The number of hydrogen-bond acceptors (Lipinski definition) is 4. The molecular weight excluding hydrogens is 294 g/mol. The van der Waals surface area contributed by atoms with E-state index in [9.17, 15) is 13.2 Å². The van der Waals surface area contributed by atoms with Crippen LogP contribution < -0.4 is 4.72 Å². The van der Waals surface area contributed by atoms with Crippen LogP contribution in [0.4, 0.5) is 0 Å². The number of carbonyl (C=O) groups is 1. The molecule has 1 N–H and O–H groups in total. The van der Waals surface area contributed by atoms with Gasteiger partial charge < -0.3 is 0 Å². The summed E-state index contributed by atoms with van der Waals surface area (Å²) in [6, 6.07) is 6.07. The predicted molar refractivity (Wildman–Crippen MR) is 82.4 cm³/mol. The fourth-order valence-electron chi connectivity index (χ4n) is 1.50. The Balaban J connectivity index is 2.73. The van der Waals surface area contributed by atoms with E-state index in [0.29, 0.717) is 30.0 Å². The van der Waals surface area contributed by atoms with Gasteiger partial charge in [-0.15, -0.1) is 18.2 Å². The summed E-state index contributed by atoms with van der Waals surface area (Å²) in [5.41, 5.74) is 0.414. The van der Waals surface area contributed by atoms with Gasteiger partial charge in [0.25, 0.3) is 0 Å². The molecule has 0 spiro atoms. The van der Waals surface area contributed by atoms with Crippen molar-refractivity contribution in [2.45, 2.75) is 18.2 Å². The van der Waals surface area contributed by atoms with E-state index in [0.717, 1.165) is 0 Å². The molecule has 0 unspecified atom stereocenters. The molecule has 6 heteroatoms. The van der Waals surface area contributed by atoms with Gasteiger partial charge in [-0.25, -0.2) is 13.1 Å². The monoisotopic (exact) mass is 311 g/mol. The summed E-state index contributed by atoms with van der Waals surface area (Å²) in [7, 11) is -3.58. The highest BCUT2D eigenvalue weighted by atomic mass is 32.2. The molecule has 108 valence electrons. The van der Waals surface area contributed by atoms with Gasteiger partial charge in [-0.05, 0) is 12.1 Å². The van der Waals surface area contributed by atoms with E-state index in [-0.39, 0.29) is 10.7 Å². The summed E-state index contributed by atoms with van der Waals surface area (Å²) in [5.74, 6) is 3.56. The van der Waals surface area contributed by atoms with Gasteiger partial charge in [0.1, 0.15) is 0 Å². The fourth-order valence-corrected chi connectivity index (χ4v) is 3.22. The number of Topliss-reactive ketones (excluding diaryl/α,β-unsaturated/α-hetero) is 1. The van der Waals surface area contributed by atoms with Crippen molar-refractivity contribution in [1.82, 2.24) is 4.72 Å². The molecule has 1 aromatic carbocycles. The molecule has 0 radical (unpaired) electrons. The van der Waals surface area contributed by atoms with Crippen molar-refractivity contribution in [2.75, 3.05) is 18.1 Å². The lowest BCUT2D eigenvalue weighted by Crippen LogP contribution is -2.26. The number of carbonyl (C=O) groups excluding carboxylic acids is 1. The quantitative estimate of drug-likeness (QED) is 0.453. The number of hydrogen-bond donors (Lipinski definition) is 1. The summed E-state index contributed by atoms with van der Waals surface area (Å²) < 4.78 is 26.6. The van der Waals surface area contributed by atoms with Gasteiger partial charge in [0.15, 0.2) is 5.78 Å². The van der Waals surface area contributed by atoms with Crippen LogP contribution in [0.25, 0.3) is 0 Å². The van der Waals surface area contributed by atoms with Crippen molar-refractivity contribution < 1.29 is 13.2 Å². The van der Waals surface area contributed by atoms with E-state index in [1.54, 1.807) is 19.1 Å². The molecule has 0 fully saturated rings. The molecule has 1 aromatic rings. The highest BCUT2D eigenvalue weighted by Crippen LogP contribution is 2.13. The molecule has 4 nitrogen and oxygen atoms in total. The van der Waals surface area contributed by atoms with Crippen LogP contribution in [0.1, 0.15) is 23.7 Å². The van der Waals surface area contributed by atoms with Crippen LogP contribution in [0.2, 0.25) is 0 Å². The normalized spacial score (nSPS) is 11.0. The molecule has 0 atom stereocenters. The van der Waals surface area contributed by atoms with E-state index in [4.69, 9.17) is 6.42 Å². The maximum absolute atomic E-state index is 12.1. The van der Waals surface area contributed by atoms with Crippen molar-refractivity contribution in [3.8, 4) is 12.3 Å². The van der Waals surface area contributed by atoms with Gasteiger partial charge in [0.05, 0.1) is 10.6 Å². The molecule has 0 saturated carbocycles. The first-order chi connectivity index (χ1) is 9.51. The van der Waals surface area contributed by atoms with Crippen LogP contribution >= 0.6 is 11.8 Å². The number of thioether (sulfide) groups is 1. The maximum atomic E-state index is 12.1. The topological polar surface area (TPSA) is 63.2 Å². The zero-order valence-electron chi connectivity index (χ0n) is 11.3. The Labute approximate surface area is 124 Å². The smallest absolute Gasteiger partial charge is 0.240 e. The molecule has 0 heterocycles. The molecule has 0 aliphatic rings. The SMILES string of the molecule is C#CCSCCNS(=O)(=O)c1cccc(C(=O)CC)c1. The second kappa shape index (κ2) is 8.10. The largest absolute Gasteiger partial charge is 0.294 e. The Morgan fingerprint density at radius 3 is 2.85 bits per heavy atom. The van der Waals surface area contributed by atoms with Crippen LogP contribution in [0.3, 0.4) is 0 Å². The average molecular weight is 311 g/mol. The Morgan fingerprint density at radius 1 is 1.45 bits per heavy atom. The van der Waals surface area contributed by atoms with Gasteiger partial charge in [-0.1, -0.05) is 25.0 Å². The molecule has 1 rings (SSSR count). The summed E-state index contributed by atoms with van der Waals surface area (Å²) in [6.45, 7) is 2.05. The third-order valence-corrected chi connectivity index (χ3v) is 4.83. The first kappa shape index (κ1) is 16.8. The zero-order chi connectivity index (χ0) is 15.0. The van der Waals surface area contributed by atoms with Crippen molar-refractivity contribution in [1.29, 1.82) is 0 Å². The first-order valence-corrected chi connectivity index (χ1v) is 8.79. The van der Waals surface area contributed by atoms with Crippen molar-refractivity contribution in [2.24, 2.45) is 0 Å². The van der Waals surface area contributed by atoms with Gasteiger partial charge in [0, 0.05) is 24.3 Å². The number of ketones is 1. The van der Waals surface area contributed by atoms with Gasteiger partial charge in [-0.2, -0.15) is 0 Å². The summed E-state index contributed by atoms with van der Waals surface area (Å²) >= 11 is 1.48. The standard InChI is InChI=1S/C14H17NO3S2/c1-3-9-19-10-8-15-20(17,18)13-7-5-6-12(11-13)14(16)4-2/h1,5-7,11,15H,4,8-10H2,2H3. The Kier molecular flexibility index (Phi) is 6.79. The second-order valence-electron chi connectivity index (χ2n) is 3.96. The Morgan fingerprint density at radius 2 is 2.20 bits per heavy atom. The molecule has 0 aromatic heterocycles. The van der Waals surface area contributed by atoms with Gasteiger partial charge in [-0.3, -0.25) is 4.79 Å². The van der Waals surface area contributed by atoms with E-state index >= 15 is 0 Å². The van der Waals surface area contributed by atoms with Crippen molar-refractivity contribution in [3.05, 3.63) is 29.8 Å².